The number of nitrogens with one attached hydrogen (secondary N) is 2. The summed E-state index contributed by atoms with van der Waals surface area (Å²) in [5, 5.41) is 6.58. The Balaban J connectivity index is 1.73. The van der Waals surface area contributed by atoms with Gasteiger partial charge in [0.2, 0.25) is 0 Å². The SMILES string of the molecule is COc1ccc(C)cc1Nc1cnc(C(=O)Nc2ccc(Cl)cc2C)cn1. The van der Waals surface area contributed by atoms with Gasteiger partial charge < -0.3 is 15.4 Å². The van der Waals surface area contributed by atoms with Crippen LogP contribution in [0.4, 0.5) is 17.2 Å². The molecule has 1 aromatic heterocycles. The molecule has 3 rings (SSSR count). The van der Waals surface area contributed by atoms with Gasteiger partial charge in [0.1, 0.15) is 17.3 Å². The molecule has 0 aliphatic rings. The minimum Gasteiger partial charge on any atom is -0.495 e. The molecule has 0 saturated carbocycles. The lowest BCUT2D eigenvalue weighted by Gasteiger charge is -2.12. The number of rotatable bonds is 5. The van der Waals surface area contributed by atoms with Crippen molar-refractivity contribution in [3.63, 3.8) is 0 Å². The number of benzene rings is 2. The van der Waals surface area contributed by atoms with Gasteiger partial charge in [0.15, 0.2) is 0 Å². The summed E-state index contributed by atoms with van der Waals surface area (Å²) in [5.74, 6) is 0.869. The molecule has 0 unspecified atom stereocenters. The van der Waals surface area contributed by atoms with Crippen LogP contribution in [-0.2, 0) is 0 Å². The fourth-order valence-electron chi connectivity index (χ4n) is 2.52. The van der Waals surface area contributed by atoms with E-state index in [9.17, 15) is 4.79 Å². The number of methoxy groups -OCH3 is 1. The molecule has 1 heterocycles. The summed E-state index contributed by atoms with van der Waals surface area (Å²) < 4.78 is 5.34. The first-order chi connectivity index (χ1) is 13.0. The van der Waals surface area contributed by atoms with Gasteiger partial charge in [-0.1, -0.05) is 17.7 Å². The van der Waals surface area contributed by atoms with Crippen molar-refractivity contribution in [2.75, 3.05) is 17.7 Å². The minimum atomic E-state index is -0.340. The molecule has 0 aliphatic heterocycles. The number of hydrogen-bond acceptors (Lipinski definition) is 5. The van der Waals surface area contributed by atoms with Crippen LogP contribution in [0, 0.1) is 13.8 Å². The number of aryl methyl sites for hydroxylation is 2. The summed E-state index contributed by atoms with van der Waals surface area (Å²) in [6, 6.07) is 11.0. The summed E-state index contributed by atoms with van der Waals surface area (Å²) in [5.41, 5.74) is 3.62. The van der Waals surface area contributed by atoms with Gasteiger partial charge in [0.25, 0.3) is 5.91 Å². The number of carbonyl (C=O) groups excluding carboxylic acids is 1. The van der Waals surface area contributed by atoms with Crippen molar-refractivity contribution in [2.45, 2.75) is 13.8 Å². The lowest BCUT2D eigenvalue weighted by atomic mass is 10.2. The van der Waals surface area contributed by atoms with E-state index in [-0.39, 0.29) is 11.6 Å². The molecule has 0 atom stereocenters. The van der Waals surface area contributed by atoms with Crippen molar-refractivity contribution in [1.82, 2.24) is 9.97 Å². The minimum absolute atomic E-state index is 0.214. The second-order valence-electron chi connectivity index (χ2n) is 6.03. The highest BCUT2D eigenvalue weighted by atomic mass is 35.5. The molecule has 0 radical (unpaired) electrons. The highest BCUT2D eigenvalue weighted by Crippen LogP contribution is 2.27. The molecule has 0 aliphatic carbocycles. The third-order valence-corrected chi connectivity index (χ3v) is 4.17. The summed E-state index contributed by atoms with van der Waals surface area (Å²) in [6.45, 7) is 3.86. The van der Waals surface area contributed by atoms with Gasteiger partial charge in [-0.3, -0.25) is 4.79 Å². The highest BCUT2D eigenvalue weighted by molar-refractivity contribution is 6.30. The van der Waals surface area contributed by atoms with Crippen molar-refractivity contribution in [2.24, 2.45) is 0 Å². The first-order valence-electron chi connectivity index (χ1n) is 8.27. The van der Waals surface area contributed by atoms with E-state index in [1.807, 2.05) is 32.0 Å². The van der Waals surface area contributed by atoms with E-state index in [0.29, 0.717) is 22.3 Å². The smallest absolute Gasteiger partial charge is 0.275 e. The lowest BCUT2D eigenvalue weighted by Crippen LogP contribution is -2.15. The molecule has 1 amide bonds. The topological polar surface area (TPSA) is 76.1 Å². The zero-order chi connectivity index (χ0) is 19.4. The first-order valence-corrected chi connectivity index (χ1v) is 8.65. The maximum atomic E-state index is 12.4. The number of carbonyl (C=O) groups is 1. The standard InChI is InChI=1S/C20H19ClN4O2/c1-12-4-7-18(27-3)16(8-12)24-19-11-22-17(10-23-19)20(26)25-15-6-5-14(21)9-13(15)2/h4-11H,1-3H3,(H,23,24)(H,25,26). The molecule has 2 N–H and O–H groups in total. The van der Waals surface area contributed by atoms with Gasteiger partial charge in [-0.15, -0.1) is 0 Å². The monoisotopic (exact) mass is 382 g/mol. The lowest BCUT2D eigenvalue weighted by molar-refractivity contribution is 0.102. The zero-order valence-corrected chi connectivity index (χ0v) is 16.0. The van der Waals surface area contributed by atoms with Crippen LogP contribution in [0.2, 0.25) is 5.02 Å². The van der Waals surface area contributed by atoms with E-state index < -0.39 is 0 Å². The molecule has 0 fully saturated rings. The second kappa shape index (κ2) is 8.05. The van der Waals surface area contributed by atoms with E-state index in [2.05, 4.69) is 20.6 Å². The van der Waals surface area contributed by atoms with Gasteiger partial charge in [0, 0.05) is 10.7 Å². The van der Waals surface area contributed by atoms with Crippen LogP contribution in [0.3, 0.4) is 0 Å². The Kier molecular flexibility index (Phi) is 5.57. The van der Waals surface area contributed by atoms with E-state index in [1.54, 1.807) is 25.3 Å². The van der Waals surface area contributed by atoms with Crippen molar-refractivity contribution < 1.29 is 9.53 Å². The third kappa shape index (κ3) is 4.54. The number of nitrogens with zero attached hydrogens (tertiary/aromatic N) is 2. The normalized spacial score (nSPS) is 10.4. The maximum Gasteiger partial charge on any atom is 0.275 e. The Labute approximate surface area is 162 Å². The quantitative estimate of drug-likeness (QED) is 0.665. The Morgan fingerprint density at radius 3 is 2.52 bits per heavy atom. The van der Waals surface area contributed by atoms with Gasteiger partial charge in [0.05, 0.1) is 25.2 Å². The van der Waals surface area contributed by atoms with Crippen molar-refractivity contribution in [1.29, 1.82) is 0 Å². The fraction of sp³-hybridized carbons (Fsp3) is 0.150. The van der Waals surface area contributed by atoms with Crippen LogP contribution in [0.25, 0.3) is 0 Å². The van der Waals surface area contributed by atoms with Crippen LogP contribution in [-0.4, -0.2) is 23.0 Å². The molecular formula is C20H19ClN4O2. The largest absolute Gasteiger partial charge is 0.495 e. The molecule has 3 aromatic rings. The van der Waals surface area contributed by atoms with Crippen molar-refractivity contribution in [3.8, 4) is 5.75 Å². The number of amides is 1. The molecule has 7 heteroatoms. The number of hydrogen-bond donors (Lipinski definition) is 2. The van der Waals surface area contributed by atoms with E-state index >= 15 is 0 Å². The fourth-order valence-corrected chi connectivity index (χ4v) is 2.75. The van der Waals surface area contributed by atoms with Crippen LogP contribution in [0.5, 0.6) is 5.75 Å². The number of aromatic nitrogens is 2. The highest BCUT2D eigenvalue weighted by Gasteiger charge is 2.11. The molecule has 0 spiro atoms. The Morgan fingerprint density at radius 1 is 1.04 bits per heavy atom. The molecule has 2 aromatic carbocycles. The van der Waals surface area contributed by atoms with Gasteiger partial charge in [-0.25, -0.2) is 9.97 Å². The van der Waals surface area contributed by atoms with Gasteiger partial charge >= 0.3 is 0 Å². The average molecular weight is 383 g/mol. The van der Waals surface area contributed by atoms with E-state index in [0.717, 1.165) is 16.8 Å². The summed E-state index contributed by atoms with van der Waals surface area (Å²) >= 11 is 5.93. The third-order valence-electron chi connectivity index (χ3n) is 3.94. The van der Waals surface area contributed by atoms with Crippen LogP contribution < -0.4 is 15.4 Å². The molecular weight excluding hydrogens is 364 g/mol. The Morgan fingerprint density at radius 2 is 1.85 bits per heavy atom. The van der Waals surface area contributed by atoms with Crippen LogP contribution >= 0.6 is 11.6 Å². The number of ether oxygens (including phenoxy) is 1. The molecule has 6 nitrogen and oxygen atoms in total. The maximum absolute atomic E-state index is 12.4. The van der Waals surface area contributed by atoms with Crippen LogP contribution in [0.1, 0.15) is 21.6 Å². The first kappa shape index (κ1) is 18.7. The van der Waals surface area contributed by atoms with Gasteiger partial charge in [-0.2, -0.15) is 0 Å². The molecule has 0 bridgehead atoms. The predicted octanol–water partition coefficient (Wildman–Crippen LogP) is 4.75. The van der Waals surface area contributed by atoms with E-state index in [1.165, 1.54) is 12.4 Å². The van der Waals surface area contributed by atoms with Crippen molar-refractivity contribution >= 4 is 34.7 Å². The summed E-state index contributed by atoms with van der Waals surface area (Å²) in [7, 11) is 1.60. The number of anilines is 3. The predicted molar refractivity (Wildman–Crippen MR) is 107 cm³/mol. The number of halogens is 1. The van der Waals surface area contributed by atoms with Gasteiger partial charge in [-0.05, 0) is 55.3 Å². The van der Waals surface area contributed by atoms with Crippen LogP contribution in [0.15, 0.2) is 48.8 Å². The van der Waals surface area contributed by atoms with E-state index in [4.69, 9.17) is 16.3 Å². The second-order valence-corrected chi connectivity index (χ2v) is 6.47. The molecule has 138 valence electrons. The molecule has 0 saturated heterocycles. The Bertz CT molecular complexity index is 974. The summed E-state index contributed by atoms with van der Waals surface area (Å²) in [4.78, 5) is 20.8. The average Bonchev–Trinajstić information content (AvgIpc) is 2.65. The zero-order valence-electron chi connectivity index (χ0n) is 15.2. The Hall–Kier alpha value is -3.12. The molecule has 27 heavy (non-hydrogen) atoms. The van der Waals surface area contributed by atoms with Crippen molar-refractivity contribution in [3.05, 3.63) is 70.6 Å². The summed E-state index contributed by atoms with van der Waals surface area (Å²) in [6.07, 6.45) is 2.93.